The van der Waals surface area contributed by atoms with Crippen molar-refractivity contribution in [2.75, 3.05) is 39.0 Å². The highest BCUT2D eigenvalue weighted by atomic mass is 35.5. The maximum absolute atomic E-state index is 13.3. The van der Waals surface area contributed by atoms with Gasteiger partial charge in [-0.25, -0.2) is 0 Å². The first kappa shape index (κ1) is 27.4. The highest BCUT2D eigenvalue weighted by Crippen LogP contribution is 2.43. The second-order valence-corrected chi connectivity index (χ2v) is 13.2. The summed E-state index contributed by atoms with van der Waals surface area (Å²) >= 11 is 12.6. The van der Waals surface area contributed by atoms with E-state index in [1.54, 1.807) is 4.90 Å². The summed E-state index contributed by atoms with van der Waals surface area (Å²) in [6, 6.07) is 23.8. The minimum absolute atomic E-state index is 0.00835. The molecule has 2 aliphatic rings. The Morgan fingerprint density at radius 2 is 1.71 bits per heavy atom. The third-order valence-corrected chi connectivity index (χ3v) is 11.0. The first-order valence-corrected chi connectivity index (χ1v) is 15.4. The number of halogens is 2. The van der Waals surface area contributed by atoms with E-state index < -0.39 is 10.8 Å². The van der Waals surface area contributed by atoms with Gasteiger partial charge >= 0.3 is 0 Å². The smallest absolute Gasteiger partial charge is 0.253 e. The summed E-state index contributed by atoms with van der Waals surface area (Å²) in [7, 11) is 1.02. The number of nitrogens with zero attached hydrogens (tertiary/aromatic N) is 2. The molecule has 200 valence electrons. The number of carbonyl (C=O) groups excluding carboxylic acids is 1. The largest absolute Gasteiger partial charge is 0.341 e. The number of aryl methyl sites for hydroxylation is 1. The zero-order chi connectivity index (χ0) is 26.7. The lowest BCUT2D eigenvalue weighted by Crippen LogP contribution is -2.48. The molecule has 1 fully saturated rings. The van der Waals surface area contributed by atoms with Crippen LogP contribution in [0.1, 0.15) is 52.2 Å². The number of piperidine rings is 1. The van der Waals surface area contributed by atoms with Crippen LogP contribution in [0.2, 0.25) is 10.0 Å². The molecule has 1 unspecified atom stereocenters. The second kappa shape index (κ2) is 11.9. The molecule has 2 heterocycles. The van der Waals surface area contributed by atoms with Crippen molar-refractivity contribution in [2.45, 2.75) is 36.3 Å². The molecular formula is C31H34Cl2N2O2S. The van der Waals surface area contributed by atoms with Crippen LogP contribution in [0.15, 0.2) is 72.8 Å². The fourth-order valence-electron chi connectivity index (χ4n) is 6.02. The number of hydrogen-bond acceptors (Lipinski definition) is 3. The SMILES string of the molecule is CN(C[C@H](CCN1CCC2(CC1)c1ccccc1CCS2=O)c1ccc(Cl)c(Cl)c1)C(=O)c1ccccc1. The molecule has 2 aliphatic heterocycles. The van der Waals surface area contributed by atoms with Crippen LogP contribution in [-0.4, -0.2) is 58.9 Å². The van der Waals surface area contributed by atoms with Crippen LogP contribution in [0.3, 0.4) is 0 Å². The lowest BCUT2D eigenvalue weighted by molar-refractivity contribution is 0.0781. The first-order chi connectivity index (χ1) is 18.4. The molecule has 0 saturated carbocycles. The van der Waals surface area contributed by atoms with E-state index >= 15 is 0 Å². The van der Waals surface area contributed by atoms with E-state index in [4.69, 9.17) is 23.2 Å². The number of likely N-dealkylation sites (N-methyl/N-ethyl adjacent to an activating group) is 1. The minimum Gasteiger partial charge on any atom is -0.341 e. The molecule has 1 amide bonds. The zero-order valence-corrected chi connectivity index (χ0v) is 24.1. The van der Waals surface area contributed by atoms with Crippen LogP contribution in [0.25, 0.3) is 0 Å². The molecule has 1 saturated heterocycles. The Balaban J connectivity index is 1.28. The van der Waals surface area contributed by atoms with Crippen molar-refractivity contribution in [3.63, 3.8) is 0 Å². The van der Waals surface area contributed by atoms with Gasteiger partial charge in [0.25, 0.3) is 5.91 Å². The van der Waals surface area contributed by atoms with Gasteiger partial charge in [0, 0.05) is 41.6 Å². The van der Waals surface area contributed by atoms with Crippen molar-refractivity contribution in [1.82, 2.24) is 9.80 Å². The molecule has 2 atom stereocenters. The van der Waals surface area contributed by atoms with Gasteiger partial charge in [-0.05, 0) is 86.3 Å². The molecule has 0 N–H and O–H groups in total. The molecule has 7 heteroatoms. The van der Waals surface area contributed by atoms with Crippen LogP contribution in [0.4, 0.5) is 0 Å². The van der Waals surface area contributed by atoms with E-state index in [1.165, 1.54) is 11.1 Å². The summed E-state index contributed by atoms with van der Waals surface area (Å²) in [5, 5.41) is 1.06. The topological polar surface area (TPSA) is 40.6 Å². The predicted molar refractivity (Wildman–Crippen MR) is 158 cm³/mol. The fraction of sp³-hybridized carbons (Fsp3) is 0.387. The van der Waals surface area contributed by atoms with E-state index in [9.17, 15) is 9.00 Å². The summed E-state index contributed by atoms with van der Waals surface area (Å²) in [4.78, 5) is 17.4. The molecule has 5 rings (SSSR count). The van der Waals surface area contributed by atoms with Crippen molar-refractivity contribution >= 4 is 39.9 Å². The Labute approximate surface area is 238 Å². The van der Waals surface area contributed by atoms with Crippen molar-refractivity contribution in [3.8, 4) is 0 Å². The quantitative estimate of drug-likeness (QED) is 0.325. The van der Waals surface area contributed by atoms with Gasteiger partial charge in [0.2, 0.25) is 0 Å². The Morgan fingerprint density at radius 1 is 1.00 bits per heavy atom. The first-order valence-electron chi connectivity index (χ1n) is 13.3. The normalized spacial score (nSPS) is 19.6. The van der Waals surface area contributed by atoms with Gasteiger partial charge in [0.1, 0.15) is 0 Å². The van der Waals surface area contributed by atoms with Crippen molar-refractivity contribution < 1.29 is 9.00 Å². The van der Waals surface area contributed by atoms with Gasteiger partial charge in [0.05, 0.1) is 14.8 Å². The number of rotatable bonds is 7. The Morgan fingerprint density at radius 3 is 2.45 bits per heavy atom. The Kier molecular flexibility index (Phi) is 8.59. The summed E-state index contributed by atoms with van der Waals surface area (Å²) in [5.41, 5.74) is 4.44. The fourth-order valence-corrected chi connectivity index (χ4v) is 8.21. The average molecular weight is 570 g/mol. The van der Waals surface area contributed by atoms with Crippen LogP contribution in [0.5, 0.6) is 0 Å². The van der Waals surface area contributed by atoms with Gasteiger partial charge in [-0.2, -0.15) is 0 Å². The number of benzene rings is 3. The Bertz CT molecular complexity index is 1310. The summed E-state index contributed by atoms with van der Waals surface area (Å²) in [5.74, 6) is 0.884. The molecule has 0 aliphatic carbocycles. The number of amides is 1. The van der Waals surface area contributed by atoms with E-state index in [0.29, 0.717) is 22.2 Å². The minimum atomic E-state index is -0.838. The van der Waals surface area contributed by atoms with Gasteiger partial charge in [-0.1, -0.05) is 71.7 Å². The lowest BCUT2D eigenvalue weighted by Gasteiger charge is -2.44. The van der Waals surface area contributed by atoms with Gasteiger partial charge in [-0.15, -0.1) is 0 Å². The van der Waals surface area contributed by atoms with Crippen LogP contribution < -0.4 is 0 Å². The van der Waals surface area contributed by atoms with E-state index in [-0.39, 0.29) is 16.6 Å². The molecular weight excluding hydrogens is 535 g/mol. The van der Waals surface area contributed by atoms with Crippen LogP contribution in [0, 0.1) is 0 Å². The third kappa shape index (κ3) is 5.72. The maximum Gasteiger partial charge on any atom is 0.253 e. The number of carbonyl (C=O) groups is 1. The van der Waals surface area contributed by atoms with Crippen molar-refractivity contribution in [3.05, 3.63) is 105 Å². The summed E-state index contributed by atoms with van der Waals surface area (Å²) < 4.78 is 13.1. The monoisotopic (exact) mass is 568 g/mol. The summed E-state index contributed by atoms with van der Waals surface area (Å²) in [6.45, 7) is 3.34. The van der Waals surface area contributed by atoms with Crippen molar-refractivity contribution in [1.29, 1.82) is 0 Å². The number of likely N-dealkylation sites (tertiary alicyclic amines) is 1. The average Bonchev–Trinajstić information content (AvgIpc) is 2.95. The molecule has 0 bridgehead atoms. The highest BCUT2D eigenvalue weighted by Gasteiger charge is 2.44. The maximum atomic E-state index is 13.3. The predicted octanol–water partition coefficient (Wildman–Crippen LogP) is 6.54. The van der Waals surface area contributed by atoms with Gasteiger partial charge < -0.3 is 9.80 Å². The zero-order valence-electron chi connectivity index (χ0n) is 21.7. The number of fused-ring (bicyclic) bond motifs is 2. The molecule has 3 aromatic rings. The van der Waals surface area contributed by atoms with Gasteiger partial charge in [0.15, 0.2) is 0 Å². The van der Waals surface area contributed by atoms with E-state index in [1.807, 2.05) is 55.6 Å². The standard InChI is InChI=1S/C31H34Cl2N2O2S/c1-34(30(36)24-8-3-2-4-9-24)22-26(25-11-12-28(32)29(33)21-25)13-17-35-18-15-31(16-19-35)27-10-6-5-7-23(27)14-20-38(31)37/h2-12,21,26H,13-20,22H2,1H3/t26-,38?/m0/s1. The number of hydrogen-bond donors (Lipinski definition) is 0. The van der Waals surface area contributed by atoms with Crippen LogP contribution in [-0.2, 0) is 22.0 Å². The van der Waals surface area contributed by atoms with E-state index in [0.717, 1.165) is 56.6 Å². The molecule has 0 radical (unpaired) electrons. The van der Waals surface area contributed by atoms with Crippen LogP contribution >= 0.6 is 23.2 Å². The second-order valence-electron chi connectivity index (χ2n) is 10.5. The molecule has 4 nitrogen and oxygen atoms in total. The highest BCUT2D eigenvalue weighted by molar-refractivity contribution is 7.86. The Hall–Kier alpha value is -2.18. The van der Waals surface area contributed by atoms with E-state index in [2.05, 4.69) is 29.2 Å². The molecule has 0 aromatic heterocycles. The molecule has 1 spiro atoms. The molecule has 3 aromatic carbocycles. The third-order valence-electron chi connectivity index (χ3n) is 8.24. The summed E-state index contributed by atoms with van der Waals surface area (Å²) in [6.07, 6.45) is 3.63. The van der Waals surface area contributed by atoms with Crippen molar-refractivity contribution in [2.24, 2.45) is 0 Å². The van der Waals surface area contributed by atoms with Gasteiger partial charge in [-0.3, -0.25) is 9.00 Å². The lowest BCUT2D eigenvalue weighted by atomic mass is 9.84. The molecule has 38 heavy (non-hydrogen) atoms.